The van der Waals surface area contributed by atoms with Crippen molar-refractivity contribution in [3.63, 3.8) is 0 Å². The SMILES string of the molecule is O=C1Nc2cc(F)ccc2C1NCc1ccccc1Cl. The van der Waals surface area contributed by atoms with Gasteiger partial charge < -0.3 is 5.32 Å². The van der Waals surface area contributed by atoms with E-state index in [0.29, 0.717) is 17.3 Å². The molecular formula is C15H12ClFN2O. The Morgan fingerprint density at radius 3 is 2.85 bits per heavy atom. The number of halogens is 2. The topological polar surface area (TPSA) is 41.1 Å². The lowest BCUT2D eigenvalue weighted by Crippen LogP contribution is -2.27. The molecule has 3 rings (SSSR count). The summed E-state index contributed by atoms with van der Waals surface area (Å²) in [4.78, 5) is 11.9. The number of benzene rings is 2. The van der Waals surface area contributed by atoms with E-state index in [0.717, 1.165) is 11.1 Å². The van der Waals surface area contributed by atoms with Crippen LogP contribution in [0.2, 0.25) is 5.02 Å². The number of nitrogens with one attached hydrogen (secondary N) is 2. The van der Waals surface area contributed by atoms with Crippen molar-refractivity contribution in [1.82, 2.24) is 5.32 Å². The lowest BCUT2D eigenvalue weighted by molar-refractivity contribution is -0.117. The minimum Gasteiger partial charge on any atom is -0.324 e. The summed E-state index contributed by atoms with van der Waals surface area (Å²) in [5, 5.41) is 6.46. The molecular weight excluding hydrogens is 279 g/mol. The molecule has 1 heterocycles. The van der Waals surface area contributed by atoms with Crippen LogP contribution in [0.25, 0.3) is 0 Å². The van der Waals surface area contributed by atoms with E-state index in [1.54, 1.807) is 12.1 Å². The van der Waals surface area contributed by atoms with Crippen molar-refractivity contribution < 1.29 is 9.18 Å². The maximum absolute atomic E-state index is 13.1. The van der Waals surface area contributed by atoms with Gasteiger partial charge in [0.25, 0.3) is 0 Å². The van der Waals surface area contributed by atoms with Gasteiger partial charge in [0.15, 0.2) is 0 Å². The van der Waals surface area contributed by atoms with Crippen molar-refractivity contribution in [2.24, 2.45) is 0 Å². The van der Waals surface area contributed by atoms with Gasteiger partial charge in [-0.3, -0.25) is 10.1 Å². The summed E-state index contributed by atoms with van der Waals surface area (Å²) in [6.07, 6.45) is 0. The van der Waals surface area contributed by atoms with Crippen LogP contribution < -0.4 is 10.6 Å². The first-order valence-electron chi connectivity index (χ1n) is 6.22. The fourth-order valence-electron chi connectivity index (χ4n) is 2.29. The molecule has 20 heavy (non-hydrogen) atoms. The first kappa shape index (κ1) is 13.1. The Balaban J connectivity index is 1.79. The van der Waals surface area contributed by atoms with Crippen LogP contribution in [0.1, 0.15) is 17.2 Å². The summed E-state index contributed by atoms with van der Waals surface area (Å²) < 4.78 is 13.1. The summed E-state index contributed by atoms with van der Waals surface area (Å²) >= 11 is 6.08. The number of anilines is 1. The first-order valence-corrected chi connectivity index (χ1v) is 6.60. The zero-order chi connectivity index (χ0) is 14.1. The maximum Gasteiger partial charge on any atom is 0.246 e. The monoisotopic (exact) mass is 290 g/mol. The van der Waals surface area contributed by atoms with Gasteiger partial charge in [-0.2, -0.15) is 0 Å². The van der Waals surface area contributed by atoms with Gasteiger partial charge in [0, 0.05) is 22.8 Å². The van der Waals surface area contributed by atoms with Gasteiger partial charge in [0.1, 0.15) is 11.9 Å². The van der Waals surface area contributed by atoms with E-state index in [-0.39, 0.29) is 11.7 Å². The van der Waals surface area contributed by atoms with Crippen LogP contribution >= 0.6 is 11.6 Å². The molecule has 0 fully saturated rings. The maximum atomic E-state index is 13.1. The second kappa shape index (κ2) is 5.23. The molecule has 1 atom stereocenters. The number of hydrogen-bond acceptors (Lipinski definition) is 2. The minimum absolute atomic E-state index is 0.183. The Kier molecular flexibility index (Phi) is 3.42. The highest BCUT2D eigenvalue weighted by molar-refractivity contribution is 6.31. The zero-order valence-corrected chi connectivity index (χ0v) is 11.2. The number of carbonyl (C=O) groups excluding carboxylic acids is 1. The standard InChI is InChI=1S/C15H12ClFN2O/c16-12-4-2-1-3-9(12)8-18-14-11-6-5-10(17)7-13(11)19-15(14)20/h1-7,14,18H,8H2,(H,19,20). The predicted octanol–water partition coefficient (Wildman–Crippen LogP) is 3.26. The van der Waals surface area contributed by atoms with E-state index < -0.39 is 6.04 Å². The Hall–Kier alpha value is -1.91. The number of carbonyl (C=O) groups is 1. The number of rotatable bonds is 3. The zero-order valence-electron chi connectivity index (χ0n) is 10.5. The molecule has 2 N–H and O–H groups in total. The third-order valence-corrected chi connectivity index (χ3v) is 3.67. The molecule has 5 heteroatoms. The van der Waals surface area contributed by atoms with E-state index in [4.69, 9.17) is 11.6 Å². The number of fused-ring (bicyclic) bond motifs is 1. The van der Waals surface area contributed by atoms with E-state index in [1.807, 2.05) is 18.2 Å². The fraction of sp³-hybridized carbons (Fsp3) is 0.133. The largest absolute Gasteiger partial charge is 0.324 e. The molecule has 102 valence electrons. The van der Waals surface area contributed by atoms with Gasteiger partial charge in [0.05, 0.1) is 0 Å². The summed E-state index contributed by atoms with van der Waals surface area (Å²) in [5.74, 6) is -0.548. The minimum atomic E-state index is -0.484. The summed E-state index contributed by atoms with van der Waals surface area (Å²) in [6, 6.07) is 11.2. The van der Waals surface area contributed by atoms with E-state index in [9.17, 15) is 9.18 Å². The lowest BCUT2D eigenvalue weighted by atomic mass is 10.1. The molecule has 1 unspecified atom stereocenters. The smallest absolute Gasteiger partial charge is 0.246 e. The second-order valence-corrected chi connectivity index (χ2v) is 5.03. The molecule has 0 bridgehead atoms. The van der Waals surface area contributed by atoms with Crippen molar-refractivity contribution in [3.8, 4) is 0 Å². The van der Waals surface area contributed by atoms with Crippen molar-refractivity contribution in [2.45, 2.75) is 12.6 Å². The van der Waals surface area contributed by atoms with Crippen molar-refractivity contribution in [1.29, 1.82) is 0 Å². The Labute approximate surface area is 120 Å². The van der Waals surface area contributed by atoms with Crippen LogP contribution in [0.3, 0.4) is 0 Å². The third kappa shape index (κ3) is 2.40. The molecule has 2 aromatic rings. The lowest BCUT2D eigenvalue weighted by Gasteiger charge is -2.12. The van der Waals surface area contributed by atoms with Crippen LogP contribution in [0.4, 0.5) is 10.1 Å². The summed E-state index contributed by atoms with van der Waals surface area (Å²) in [6.45, 7) is 0.467. The number of hydrogen-bond donors (Lipinski definition) is 2. The second-order valence-electron chi connectivity index (χ2n) is 4.63. The van der Waals surface area contributed by atoms with Crippen molar-refractivity contribution in [2.75, 3.05) is 5.32 Å². The molecule has 0 saturated carbocycles. The van der Waals surface area contributed by atoms with Crippen LogP contribution in [0.15, 0.2) is 42.5 Å². The number of amides is 1. The molecule has 0 radical (unpaired) electrons. The third-order valence-electron chi connectivity index (χ3n) is 3.30. The molecule has 3 nitrogen and oxygen atoms in total. The van der Waals surface area contributed by atoms with Crippen LogP contribution in [0.5, 0.6) is 0 Å². The van der Waals surface area contributed by atoms with E-state index >= 15 is 0 Å². The van der Waals surface area contributed by atoms with Gasteiger partial charge in [-0.1, -0.05) is 35.9 Å². The molecule has 1 aliphatic heterocycles. The van der Waals surface area contributed by atoms with Crippen LogP contribution in [0, 0.1) is 5.82 Å². The van der Waals surface area contributed by atoms with Gasteiger partial charge in [-0.05, 0) is 23.8 Å². The molecule has 0 saturated heterocycles. The summed E-state index contributed by atoms with van der Waals surface area (Å²) in [5.41, 5.74) is 2.19. The van der Waals surface area contributed by atoms with Gasteiger partial charge in [-0.15, -0.1) is 0 Å². The Morgan fingerprint density at radius 2 is 2.05 bits per heavy atom. The summed E-state index contributed by atoms with van der Waals surface area (Å²) in [7, 11) is 0. The Bertz CT molecular complexity index is 675. The van der Waals surface area contributed by atoms with Crippen LogP contribution in [-0.2, 0) is 11.3 Å². The van der Waals surface area contributed by atoms with Gasteiger partial charge >= 0.3 is 0 Å². The average Bonchev–Trinajstić information content (AvgIpc) is 2.73. The van der Waals surface area contributed by atoms with Gasteiger partial charge in [-0.25, -0.2) is 4.39 Å². The normalized spacial score (nSPS) is 16.9. The highest BCUT2D eigenvalue weighted by Crippen LogP contribution is 2.31. The molecule has 1 amide bonds. The molecule has 2 aromatic carbocycles. The average molecular weight is 291 g/mol. The van der Waals surface area contributed by atoms with Crippen molar-refractivity contribution in [3.05, 3.63) is 64.4 Å². The molecule has 0 aliphatic carbocycles. The van der Waals surface area contributed by atoms with E-state index in [2.05, 4.69) is 10.6 Å². The predicted molar refractivity (Wildman–Crippen MR) is 76.1 cm³/mol. The molecule has 0 aromatic heterocycles. The van der Waals surface area contributed by atoms with Crippen molar-refractivity contribution >= 4 is 23.2 Å². The molecule has 0 spiro atoms. The van der Waals surface area contributed by atoms with Crippen LogP contribution in [-0.4, -0.2) is 5.91 Å². The highest BCUT2D eigenvalue weighted by atomic mass is 35.5. The quantitative estimate of drug-likeness (QED) is 0.911. The van der Waals surface area contributed by atoms with E-state index in [1.165, 1.54) is 12.1 Å². The Morgan fingerprint density at radius 1 is 1.25 bits per heavy atom. The first-order chi connectivity index (χ1) is 9.65. The highest BCUT2D eigenvalue weighted by Gasteiger charge is 2.30. The molecule has 1 aliphatic rings. The fourth-order valence-corrected chi connectivity index (χ4v) is 2.49. The van der Waals surface area contributed by atoms with Gasteiger partial charge in [0.2, 0.25) is 5.91 Å².